The van der Waals surface area contributed by atoms with Crippen molar-refractivity contribution < 1.29 is 18.1 Å². The van der Waals surface area contributed by atoms with Gasteiger partial charge in [-0.25, -0.2) is 5.43 Å². The summed E-state index contributed by atoms with van der Waals surface area (Å²) in [4.78, 5) is -0.133. The number of aliphatic hydroxyl groups is 1. The summed E-state index contributed by atoms with van der Waals surface area (Å²) in [5.41, 5.74) is 4.88. The van der Waals surface area contributed by atoms with Crippen LogP contribution in [0.5, 0.6) is 0 Å². The summed E-state index contributed by atoms with van der Waals surface area (Å²) in [6.07, 6.45) is 0.172. The van der Waals surface area contributed by atoms with Crippen molar-refractivity contribution in [1.29, 1.82) is 0 Å². The maximum Gasteiger partial charge on any atom is 0.294 e. The Bertz CT molecular complexity index is 1100. The molecule has 0 radical (unpaired) electrons. The van der Waals surface area contributed by atoms with Crippen molar-refractivity contribution in [2.75, 3.05) is 18.1 Å². The summed E-state index contributed by atoms with van der Waals surface area (Å²) in [5, 5.41) is 14.5. The molecule has 0 aliphatic heterocycles. The van der Waals surface area contributed by atoms with Gasteiger partial charge in [-0.1, -0.05) is 42.8 Å². The molecule has 0 spiro atoms. The van der Waals surface area contributed by atoms with Crippen LogP contribution in [0.1, 0.15) is 25.0 Å². The first-order valence-electron chi connectivity index (χ1n) is 9.24. The highest BCUT2D eigenvalue weighted by Gasteiger charge is 2.13. The second-order valence-electron chi connectivity index (χ2n) is 6.75. The van der Waals surface area contributed by atoms with Gasteiger partial charge in [-0.05, 0) is 59.2 Å². The third kappa shape index (κ3) is 5.46. The molecule has 3 N–H and O–H groups in total. The van der Waals surface area contributed by atoms with Gasteiger partial charge in [-0.3, -0.25) is 4.55 Å². The first-order valence-corrected chi connectivity index (χ1v) is 11.1. The molecule has 6 nitrogen and oxygen atoms in total. The van der Waals surface area contributed by atoms with Gasteiger partial charge >= 0.3 is 0 Å². The van der Waals surface area contributed by atoms with E-state index in [1.807, 2.05) is 23.2 Å². The highest BCUT2D eigenvalue weighted by Crippen LogP contribution is 2.25. The summed E-state index contributed by atoms with van der Waals surface area (Å²) in [5.74, 6) is 0. The van der Waals surface area contributed by atoms with Crippen LogP contribution in [0, 0.1) is 0 Å². The lowest BCUT2D eigenvalue weighted by atomic mass is 10.1. The minimum absolute atomic E-state index is 0.133. The maximum atomic E-state index is 11.3. The SMILES string of the molecule is CCCN(NC[C@H](O)c1cccc(Cl)c1)c1ccc2cc(S(=O)(=O)O)ccc2c1. The molecule has 154 valence electrons. The molecular weight excluding hydrogens is 412 g/mol. The Morgan fingerprint density at radius 1 is 1.07 bits per heavy atom. The van der Waals surface area contributed by atoms with Crippen molar-refractivity contribution in [3.8, 4) is 0 Å². The summed E-state index contributed by atoms with van der Waals surface area (Å²) < 4.78 is 31.9. The smallest absolute Gasteiger partial charge is 0.294 e. The minimum Gasteiger partial charge on any atom is -0.387 e. The largest absolute Gasteiger partial charge is 0.387 e. The number of nitrogens with one attached hydrogen (secondary N) is 1. The number of aliphatic hydroxyl groups excluding tert-OH is 1. The second kappa shape index (κ2) is 9.11. The average molecular weight is 435 g/mol. The molecule has 0 fully saturated rings. The number of anilines is 1. The zero-order valence-corrected chi connectivity index (χ0v) is 17.5. The maximum absolute atomic E-state index is 11.3. The van der Waals surface area contributed by atoms with Crippen molar-refractivity contribution in [3.63, 3.8) is 0 Å². The summed E-state index contributed by atoms with van der Waals surface area (Å²) in [7, 11) is -4.24. The molecule has 8 heteroatoms. The Labute approximate surface area is 175 Å². The van der Waals surface area contributed by atoms with Crippen molar-refractivity contribution in [3.05, 3.63) is 71.2 Å². The molecule has 0 aromatic heterocycles. The van der Waals surface area contributed by atoms with E-state index in [0.29, 0.717) is 17.0 Å². The quantitative estimate of drug-likeness (QED) is 0.363. The lowest BCUT2D eigenvalue weighted by molar-refractivity contribution is 0.173. The fourth-order valence-electron chi connectivity index (χ4n) is 3.09. The summed E-state index contributed by atoms with van der Waals surface area (Å²) in [6, 6.07) is 17.2. The van der Waals surface area contributed by atoms with Crippen LogP contribution in [0.4, 0.5) is 5.69 Å². The van der Waals surface area contributed by atoms with Crippen molar-refractivity contribution >= 4 is 38.2 Å². The monoisotopic (exact) mass is 434 g/mol. The standard InChI is InChI=1S/C21H23ClN2O4S/c1-2-10-24(23-14-21(25)17-4-3-5-18(22)11-17)19-8-6-16-13-20(29(26,27)28)9-7-15(16)12-19/h3-9,11-13,21,23,25H,2,10,14H2,1H3,(H,26,27,28)/t21-/m0/s1. The molecule has 1 atom stereocenters. The Morgan fingerprint density at radius 3 is 2.48 bits per heavy atom. The number of nitrogens with zero attached hydrogens (tertiary/aromatic N) is 1. The summed E-state index contributed by atoms with van der Waals surface area (Å²) in [6.45, 7) is 3.08. The van der Waals surface area contributed by atoms with Gasteiger partial charge in [0, 0.05) is 18.1 Å². The predicted molar refractivity (Wildman–Crippen MR) is 116 cm³/mol. The van der Waals surface area contributed by atoms with Crippen LogP contribution < -0.4 is 10.4 Å². The van der Waals surface area contributed by atoms with Gasteiger partial charge in [0.25, 0.3) is 10.1 Å². The molecule has 0 saturated carbocycles. The van der Waals surface area contributed by atoms with E-state index in [9.17, 15) is 18.1 Å². The van der Waals surface area contributed by atoms with Crippen LogP contribution in [0.2, 0.25) is 5.02 Å². The third-order valence-electron chi connectivity index (χ3n) is 4.56. The van der Waals surface area contributed by atoms with Gasteiger partial charge in [-0.15, -0.1) is 0 Å². The molecule has 3 rings (SSSR count). The molecule has 3 aromatic carbocycles. The summed E-state index contributed by atoms with van der Waals surface area (Å²) >= 11 is 6.00. The van der Waals surface area contributed by atoms with Crippen molar-refractivity contribution in [1.82, 2.24) is 5.43 Å². The van der Waals surface area contributed by atoms with E-state index in [1.54, 1.807) is 30.3 Å². The van der Waals surface area contributed by atoms with Crippen LogP contribution in [0.3, 0.4) is 0 Å². The molecule has 0 saturated heterocycles. The Hall–Kier alpha value is -2.16. The minimum atomic E-state index is -4.24. The van der Waals surface area contributed by atoms with Crippen molar-refractivity contribution in [2.24, 2.45) is 0 Å². The van der Waals surface area contributed by atoms with Crippen LogP contribution in [0.25, 0.3) is 10.8 Å². The zero-order valence-electron chi connectivity index (χ0n) is 15.9. The molecule has 3 aromatic rings. The number of hydrogen-bond acceptors (Lipinski definition) is 5. The lowest BCUT2D eigenvalue weighted by Crippen LogP contribution is -2.41. The van der Waals surface area contributed by atoms with E-state index in [2.05, 4.69) is 12.3 Å². The molecular formula is C21H23ClN2O4S. The van der Waals surface area contributed by atoms with Crippen LogP contribution >= 0.6 is 11.6 Å². The number of hydrazine groups is 1. The third-order valence-corrected chi connectivity index (χ3v) is 5.65. The Morgan fingerprint density at radius 2 is 1.79 bits per heavy atom. The van der Waals surface area contributed by atoms with E-state index in [-0.39, 0.29) is 4.90 Å². The van der Waals surface area contributed by atoms with Crippen LogP contribution in [-0.4, -0.2) is 31.2 Å². The molecule has 0 aliphatic carbocycles. The van der Waals surface area contributed by atoms with Gasteiger partial charge in [0.1, 0.15) is 0 Å². The van der Waals surface area contributed by atoms with Crippen LogP contribution in [0.15, 0.2) is 65.6 Å². The normalized spacial score (nSPS) is 12.8. The van der Waals surface area contributed by atoms with Gasteiger partial charge in [0.05, 0.1) is 16.7 Å². The first kappa shape index (κ1) is 21.5. The van der Waals surface area contributed by atoms with Crippen molar-refractivity contribution in [2.45, 2.75) is 24.3 Å². The Balaban J connectivity index is 1.80. The highest BCUT2D eigenvalue weighted by molar-refractivity contribution is 7.85. The molecule has 29 heavy (non-hydrogen) atoms. The number of halogens is 1. The van der Waals surface area contributed by atoms with E-state index < -0.39 is 16.2 Å². The van der Waals surface area contributed by atoms with E-state index in [1.165, 1.54) is 12.1 Å². The molecule has 0 heterocycles. The fourth-order valence-corrected chi connectivity index (χ4v) is 3.81. The molecule has 0 bridgehead atoms. The topological polar surface area (TPSA) is 89.9 Å². The predicted octanol–water partition coefficient (Wildman–Crippen LogP) is 4.19. The number of fused-ring (bicyclic) bond motifs is 1. The lowest BCUT2D eigenvalue weighted by Gasteiger charge is -2.27. The molecule has 0 aliphatic rings. The van der Waals surface area contributed by atoms with E-state index in [0.717, 1.165) is 29.6 Å². The highest BCUT2D eigenvalue weighted by atomic mass is 35.5. The number of benzene rings is 3. The number of rotatable bonds is 8. The molecule has 0 amide bonds. The van der Waals surface area contributed by atoms with Crippen LogP contribution in [-0.2, 0) is 10.1 Å². The van der Waals surface area contributed by atoms with E-state index in [4.69, 9.17) is 11.6 Å². The first-order chi connectivity index (χ1) is 13.8. The van der Waals surface area contributed by atoms with E-state index >= 15 is 0 Å². The number of hydrogen-bond donors (Lipinski definition) is 3. The Kier molecular flexibility index (Phi) is 6.77. The molecule has 0 unspecified atom stereocenters. The van der Waals surface area contributed by atoms with Gasteiger partial charge in [-0.2, -0.15) is 8.42 Å². The van der Waals surface area contributed by atoms with Gasteiger partial charge < -0.3 is 10.1 Å². The average Bonchev–Trinajstić information content (AvgIpc) is 2.69. The van der Waals surface area contributed by atoms with Gasteiger partial charge in [0.2, 0.25) is 0 Å². The fraction of sp³-hybridized carbons (Fsp3) is 0.238. The zero-order chi connectivity index (χ0) is 21.0. The second-order valence-corrected chi connectivity index (χ2v) is 8.61. The van der Waals surface area contributed by atoms with Gasteiger partial charge in [0.15, 0.2) is 0 Å².